The summed E-state index contributed by atoms with van der Waals surface area (Å²) in [5, 5.41) is 136. The van der Waals surface area contributed by atoms with Crippen molar-refractivity contribution in [3.63, 3.8) is 0 Å². The Hall–Kier alpha value is -12.4. The summed E-state index contributed by atoms with van der Waals surface area (Å²) in [6.45, 7) is 18.7. The van der Waals surface area contributed by atoms with Crippen LogP contribution >= 0.6 is 0 Å². The molecule has 0 bridgehead atoms. The number of esters is 3. The Morgan fingerprint density at radius 1 is 0.376 bits per heavy atom. The SMILES string of the molecule is C=CS(=O)(=O)NCCCCCC(=O)NCCC(=O)Nc1cc(COC(=O)C(C)(C)C)ccc1O[C@@H]1O[C@H](C(=O)O)[C@@H](O)[C@H](O)[C@H]1O.CC(C)(C)C(=O)OCc1ccc(O[C@@H]2O[C@H](C(=O)O)[C@H](O)[C@H](O)[C@@H]2O)c(NC(=O)CCNC(=O)CCCN2C(=O)C=CC2=O)c1.CC(C)(C)C(=O)OCc1ccc(O[C@@H]2O[C@H](C(=O)O)[C@H](O)[C@H](O)[C@@H]2O)c(NC(=O)CCNC(=O)CCOCCOCCN2C(=O)C=CC2=O)c1. The summed E-state index contributed by atoms with van der Waals surface area (Å²) in [7, 11) is -3.49. The van der Waals surface area contributed by atoms with Gasteiger partial charge in [0.2, 0.25) is 64.3 Å². The number of unbranched alkanes of at least 4 members (excludes halogenated alkanes) is 2. The normalized spacial score (nSPS) is 22.2. The highest BCUT2D eigenvalue weighted by molar-refractivity contribution is 7.92. The molecule has 3 aromatic rings. The van der Waals surface area contributed by atoms with Crippen molar-refractivity contribution in [1.82, 2.24) is 30.5 Å². The Morgan fingerprint density at radius 3 is 0.993 bits per heavy atom. The molecule has 3 fully saturated rings. The minimum absolute atomic E-state index is 0.00100. The first-order chi connectivity index (χ1) is 66.1. The monoisotopic (exact) mass is 2020 g/mol. The molecule has 15 atom stereocenters. The minimum Gasteiger partial charge on any atom is -0.479 e. The summed E-state index contributed by atoms with van der Waals surface area (Å²) in [6.07, 6.45) is -22.0. The lowest BCUT2D eigenvalue weighted by molar-refractivity contribution is -0.271. The van der Waals surface area contributed by atoms with Gasteiger partial charge in [-0.1, -0.05) is 31.2 Å². The quantitative estimate of drug-likeness (QED) is 0.0128. The number of sulfonamides is 1. The minimum atomic E-state index is -3.49. The first-order valence-electron chi connectivity index (χ1n) is 44.3. The van der Waals surface area contributed by atoms with E-state index < -0.39 is 201 Å². The fourth-order valence-corrected chi connectivity index (χ4v) is 13.1. The average Bonchev–Trinajstić information content (AvgIpc) is 1.55. The van der Waals surface area contributed by atoms with Crippen LogP contribution in [-0.4, -0.2) is 332 Å². The van der Waals surface area contributed by atoms with Crippen molar-refractivity contribution in [3.05, 3.63) is 108 Å². The zero-order valence-electron chi connectivity index (χ0n) is 78.7. The van der Waals surface area contributed by atoms with Gasteiger partial charge in [0.05, 0.1) is 66.3 Å². The molecule has 5 aliphatic heterocycles. The first-order valence-corrected chi connectivity index (χ1v) is 45.9. The van der Waals surface area contributed by atoms with E-state index >= 15 is 0 Å². The van der Waals surface area contributed by atoms with E-state index in [9.17, 15) is 146 Å². The molecule has 3 aromatic carbocycles. The fourth-order valence-electron chi connectivity index (χ4n) is 12.6. The zero-order chi connectivity index (χ0) is 105. The molecule has 5 aliphatic rings. The number of nitrogens with one attached hydrogen (secondary N) is 7. The number of benzene rings is 3. The highest BCUT2D eigenvalue weighted by Crippen LogP contribution is 2.36. The van der Waals surface area contributed by atoms with Crippen molar-refractivity contribution in [2.24, 2.45) is 16.2 Å². The second-order valence-electron chi connectivity index (χ2n) is 35.3. The molecule has 0 unspecified atom stereocenters. The molecule has 0 saturated carbocycles. The number of carbonyl (C=O) groups excluding carboxylic acids is 13. The van der Waals surface area contributed by atoms with Gasteiger partial charge in [0.25, 0.3) is 23.6 Å². The van der Waals surface area contributed by atoms with Gasteiger partial charge in [-0.05, 0) is 135 Å². The van der Waals surface area contributed by atoms with Crippen LogP contribution in [0.3, 0.4) is 0 Å². The maximum absolute atomic E-state index is 12.8. The topological polar surface area (TPSA) is 742 Å². The number of carbonyl (C=O) groups is 16. The third-order valence-corrected chi connectivity index (χ3v) is 21.6. The van der Waals surface area contributed by atoms with Gasteiger partial charge >= 0.3 is 35.8 Å². The summed E-state index contributed by atoms with van der Waals surface area (Å²) in [5.41, 5.74) is -0.968. The van der Waals surface area contributed by atoms with Gasteiger partial charge in [-0.15, -0.1) is 0 Å². The van der Waals surface area contributed by atoms with Crippen molar-refractivity contribution in [3.8, 4) is 17.2 Å². The summed E-state index contributed by atoms with van der Waals surface area (Å²) >= 11 is 0. The van der Waals surface area contributed by atoms with Gasteiger partial charge < -0.3 is 145 Å². The summed E-state index contributed by atoms with van der Waals surface area (Å²) in [4.78, 5) is 194. The number of amides is 10. The van der Waals surface area contributed by atoms with Crippen LogP contribution < -0.4 is 50.8 Å². The number of anilines is 3. The molecule has 51 heteroatoms. The third-order valence-electron chi connectivity index (χ3n) is 20.6. The number of ether oxygens (including phenoxy) is 11. The van der Waals surface area contributed by atoms with E-state index in [-0.39, 0.29) is 177 Å². The highest BCUT2D eigenvalue weighted by Gasteiger charge is 2.51. The Labute approximate surface area is 808 Å². The Morgan fingerprint density at radius 2 is 0.681 bits per heavy atom. The Kier molecular flexibility index (Phi) is 45.8. The molecule has 0 aromatic heterocycles. The molecule has 0 aliphatic carbocycles. The third kappa shape index (κ3) is 38.2. The van der Waals surface area contributed by atoms with Crippen molar-refractivity contribution < 1.29 is 199 Å². The van der Waals surface area contributed by atoms with Crippen LogP contribution in [0.2, 0.25) is 0 Å². The molecular formula is C90H123N9O41S. The van der Waals surface area contributed by atoms with Crippen molar-refractivity contribution in [2.75, 3.05) is 81.6 Å². The predicted molar refractivity (Wildman–Crippen MR) is 483 cm³/mol. The van der Waals surface area contributed by atoms with E-state index in [1.807, 2.05) is 0 Å². The maximum Gasteiger partial charge on any atom is 0.335 e. The number of imide groups is 2. The van der Waals surface area contributed by atoms with Crippen LogP contribution in [0.1, 0.15) is 143 Å². The van der Waals surface area contributed by atoms with Crippen LogP contribution in [-0.2, 0) is 144 Å². The molecule has 0 radical (unpaired) electrons. The zero-order valence-corrected chi connectivity index (χ0v) is 79.5. The van der Waals surface area contributed by atoms with E-state index in [4.69, 9.17) is 52.1 Å². The average molecular weight is 2020 g/mol. The van der Waals surface area contributed by atoms with Crippen molar-refractivity contribution >= 4 is 122 Å². The number of carboxylic acids is 3. The molecule has 50 nitrogen and oxygen atoms in total. The number of aliphatic hydroxyl groups is 9. The number of aliphatic hydroxyl groups excluding tert-OH is 9. The second kappa shape index (κ2) is 55.1. The van der Waals surface area contributed by atoms with Gasteiger partial charge in [-0.3, -0.25) is 72.1 Å². The molecule has 3 saturated heterocycles. The molecule has 0 spiro atoms. The Balaban J connectivity index is 0.000000324. The largest absolute Gasteiger partial charge is 0.479 e. The number of nitrogens with zero attached hydrogens (tertiary/aromatic N) is 2. The molecular weight excluding hydrogens is 1900 g/mol. The molecule has 141 heavy (non-hydrogen) atoms. The van der Waals surface area contributed by atoms with Crippen molar-refractivity contribution in [2.45, 2.75) is 238 Å². The number of rotatable bonds is 48. The lowest BCUT2D eigenvalue weighted by atomic mass is 9.97. The van der Waals surface area contributed by atoms with Gasteiger partial charge in [-0.25, -0.2) is 27.5 Å². The maximum atomic E-state index is 12.8. The number of hydrogen-bond acceptors (Lipinski definition) is 38. The molecule has 19 N–H and O–H groups in total. The molecule has 8 rings (SSSR count). The second-order valence-corrected chi connectivity index (χ2v) is 37.0. The van der Waals surface area contributed by atoms with Gasteiger partial charge in [-0.2, -0.15) is 0 Å². The van der Waals surface area contributed by atoms with Crippen LogP contribution in [0.15, 0.2) is 90.9 Å². The van der Waals surface area contributed by atoms with E-state index in [1.54, 1.807) is 62.3 Å². The van der Waals surface area contributed by atoms with E-state index in [0.29, 0.717) is 36.0 Å². The van der Waals surface area contributed by atoms with Crippen molar-refractivity contribution in [1.29, 1.82) is 0 Å². The summed E-state index contributed by atoms with van der Waals surface area (Å²) in [5.74, 6) is -11.1. The smallest absolute Gasteiger partial charge is 0.335 e. The van der Waals surface area contributed by atoms with Crippen LogP contribution in [0, 0.1) is 16.2 Å². The van der Waals surface area contributed by atoms with Crippen LogP contribution in [0.5, 0.6) is 17.2 Å². The fraction of sp³-hybridized carbons (Fsp3) is 0.556. The van der Waals surface area contributed by atoms with E-state index in [1.165, 1.54) is 66.7 Å². The highest BCUT2D eigenvalue weighted by atomic mass is 32.2. The number of carboxylic acid groups (broad SMARTS) is 3. The predicted octanol–water partition coefficient (Wildman–Crippen LogP) is -1.85. The summed E-state index contributed by atoms with van der Waals surface area (Å²) < 4.78 is 84.0. The molecule has 780 valence electrons. The van der Waals surface area contributed by atoms with Gasteiger partial charge in [0.1, 0.15) is 92.0 Å². The summed E-state index contributed by atoms with van der Waals surface area (Å²) in [6, 6.07) is 12.7. The molecule has 10 amide bonds. The lowest BCUT2D eigenvalue weighted by Crippen LogP contribution is -2.61. The first kappa shape index (κ1) is 117. The lowest BCUT2D eigenvalue weighted by Gasteiger charge is -2.38. The van der Waals surface area contributed by atoms with Gasteiger partial charge in [0, 0.05) is 101 Å². The number of aliphatic carboxylic acids is 3. The van der Waals surface area contributed by atoms with Crippen LogP contribution in [0.4, 0.5) is 17.1 Å². The van der Waals surface area contributed by atoms with E-state index in [2.05, 4.69) is 43.2 Å². The number of hydrogen-bond donors (Lipinski definition) is 19. The molecule has 5 heterocycles. The van der Waals surface area contributed by atoms with Crippen LogP contribution in [0.25, 0.3) is 0 Å². The Bertz CT molecular complexity index is 5050. The van der Waals surface area contributed by atoms with Gasteiger partial charge in [0.15, 0.2) is 18.3 Å². The van der Waals surface area contributed by atoms with E-state index in [0.717, 1.165) is 27.4 Å². The standard InChI is InChI=1S/C32H43N3O15.C29H43N3O13S.C29H37N3O13/c1-32(2,3)31(45)48-17-18-4-5-20(49-30-27(42)25(40)26(41)28(50-30)29(43)44)19(16-18)34-22(37)8-10-33-21(36)9-12-46-14-15-47-13-11-35-23(38)6-7-24(35)39;1-5-46(41,42)31-13-8-6-7-9-20(33)30-14-12-21(34)32-18-15-17(16-43-28(40)29(2,3)4)10-11-19(18)44-27-24(37)22(35)23(36)25(45-27)26(38)39;1-29(2,3)28(42)43-14-15-6-7-17(44-27-24(39)22(37)23(38)25(45-27)26(40)41)16(13-15)31-19(34)10-11-30-18(33)5-4-12-32-20(35)8-9-21(32)36/h4-7,16,25-28,30,40-42H,8-15,17H2,1-3H3,(H,33,36)(H,34,37)(H,43,44);5,10-11,15,22-25,27,31,35-37H,1,6-9,12-14,16H2,2-4H3,(H,30,33)(H,32,34)(H,38,39);6-9,13,22-25,27,37-39H,4-5,10-12,14H2,1-3H3,(H,30,33)(H,31,34)(H,40,41)/t25-,26+,27-,28-,30+;22-,23-,24+,25-,27+;22-,23+,24-,25-,27+/m000/s1.